The SMILES string of the molecule is CC1=Cc2c(cnn2-c2ccc(F)cc2)C[C@]1(C)C(=O)CC(C)(C)c1ccccc1. The Morgan fingerprint density at radius 1 is 1.13 bits per heavy atom. The molecule has 0 saturated carbocycles. The van der Waals surface area contributed by atoms with Crippen LogP contribution < -0.4 is 0 Å². The number of hydrogen-bond donors (Lipinski definition) is 0. The predicted molar refractivity (Wildman–Crippen MR) is 118 cm³/mol. The molecule has 3 aromatic rings. The Hall–Kier alpha value is -3.01. The Morgan fingerprint density at radius 3 is 2.47 bits per heavy atom. The standard InChI is InChI=1S/C26H27FN2O/c1-18-14-23-19(17-28-29(23)22-12-10-21(27)11-13-22)15-26(18,4)24(30)16-25(2,3)20-8-6-5-7-9-20/h5-14,17H,15-16H2,1-4H3/t26-/m0/s1. The lowest BCUT2D eigenvalue weighted by atomic mass is 9.66. The van der Waals surface area contributed by atoms with Crippen molar-refractivity contribution in [3.63, 3.8) is 0 Å². The van der Waals surface area contributed by atoms with Crippen LogP contribution in [0.5, 0.6) is 0 Å². The van der Waals surface area contributed by atoms with E-state index in [1.165, 1.54) is 17.7 Å². The number of rotatable bonds is 5. The molecule has 154 valence electrons. The van der Waals surface area contributed by atoms with Crippen LogP contribution in [0.3, 0.4) is 0 Å². The van der Waals surface area contributed by atoms with Crippen molar-refractivity contribution in [2.75, 3.05) is 0 Å². The van der Waals surface area contributed by atoms with Gasteiger partial charge in [-0.15, -0.1) is 0 Å². The molecular formula is C26H27FN2O. The maximum absolute atomic E-state index is 13.5. The molecule has 0 saturated heterocycles. The Bertz CT molecular complexity index is 1110. The molecule has 0 unspecified atom stereocenters. The summed E-state index contributed by atoms with van der Waals surface area (Å²) in [5, 5.41) is 4.52. The van der Waals surface area contributed by atoms with Crippen molar-refractivity contribution in [2.45, 2.75) is 46.0 Å². The number of Topliss-reactive ketones (excluding diaryl/α,β-unsaturated/α-hetero) is 1. The number of benzene rings is 2. The van der Waals surface area contributed by atoms with Gasteiger partial charge in [0.25, 0.3) is 0 Å². The highest BCUT2D eigenvalue weighted by atomic mass is 19.1. The summed E-state index contributed by atoms with van der Waals surface area (Å²) in [6.45, 7) is 8.33. The smallest absolute Gasteiger partial charge is 0.143 e. The minimum absolute atomic E-state index is 0.236. The highest BCUT2D eigenvalue weighted by molar-refractivity contribution is 5.91. The zero-order chi connectivity index (χ0) is 21.5. The van der Waals surface area contributed by atoms with Crippen LogP contribution >= 0.6 is 0 Å². The van der Waals surface area contributed by atoms with E-state index in [1.54, 1.807) is 12.1 Å². The largest absolute Gasteiger partial charge is 0.299 e. The van der Waals surface area contributed by atoms with Gasteiger partial charge < -0.3 is 0 Å². The first-order chi connectivity index (χ1) is 14.2. The predicted octanol–water partition coefficient (Wildman–Crippen LogP) is 5.91. The van der Waals surface area contributed by atoms with Gasteiger partial charge in [0.05, 0.1) is 23.0 Å². The highest BCUT2D eigenvalue weighted by Crippen LogP contribution is 2.42. The van der Waals surface area contributed by atoms with E-state index in [4.69, 9.17) is 0 Å². The molecule has 0 spiro atoms. The molecule has 1 atom stereocenters. The first-order valence-electron chi connectivity index (χ1n) is 10.3. The van der Waals surface area contributed by atoms with Gasteiger partial charge in [-0.2, -0.15) is 5.10 Å². The Kier molecular flexibility index (Phi) is 4.97. The van der Waals surface area contributed by atoms with Crippen LogP contribution in [-0.2, 0) is 16.6 Å². The van der Waals surface area contributed by atoms with Crippen molar-refractivity contribution in [3.05, 3.63) is 89.0 Å². The molecule has 0 bridgehead atoms. The van der Waals surface area contributed by atoms with Gasteiger partial charge in [0, 0.05) is 6.42 Å². The molecule has 0 fully saturated rings. The summed E-state index contributed by atoms with van der Waals surface area (Å²) in [5.41, 5.74) is 4.22. The summed E-state index contributed by atoms with van der Waals surface area (Å²) >= 11 is 0. The molecule has 0 amide bonds. The fourth-order valence-corrected chi connectivity index (χ4v) is 4.26. The van der Waals surface area contributed by atoms with E-state index < -0.39 is 5.41 Å². The first-order valence-corrected chi connectivity index (χ1v) is 10.3. The average molecular weight is 403 g/mol. The molecule has 1 heterocycles. The number of halogens is 1. The fourth-order valence-electron chi connectivity index (χ4n) is 4.26. The maximum Gasteiger partial charge on any atom is 0.143 e. The van der Waals surface area contributed by atoms with Crippen molar-refractivity contribution < 1.29 is 9.18 Å². The molecule has 4 heteroatoms. The molecule has 1 aliphatic carbocycles. The minimum atomic E-state index is -0.560. The summed E-state index contributed by atoms with van der Waals surface area (Å²) in [4.78, 5) is 13.5. The molecule has 0 N–H and O–H groups in total. The lowest BCUT2D eigenvalue weighted by Gasteiger charge is -2.36. The van der Waals surface area contributed by atoms with Gasteiger partial charge in [-0.25, -0.2) is 9.07 Å². The van der Waals surface area contributed by atoms with Gasteiger partial charge in [-0.05, 0) is 67.2 Å². The van der Waals surface area contributed by atoms with E-state index >= 15 is 0 Å². The van der Waals surface area contributed by atoms with Gasteiger partial charge in [-0.3, -0.25) is 4.79 Å². The summed E-state index contributed by atoms with van der Waals surface area (Å²) in [7, 11) is 0. The van der Waals surface area contributed by atoms with E-state index in [2.05, 4.69) is 37.2 Å². The van der Waals surface area contributed by atoms with Gasteiger partial charge in [-0.1, -0.05) is 49.8 Å². The van der Waals surface area contributed by atoms with Crippen LogP contribution in [0, 0.1) is 11.2 Å². The maximum atomic E-state index is 13.5. The van der Waals surface area contributed by atoms with E-state index in [0.717, 1.165) is 22.5 Å². The molecular weight excluding hydrogens is 375 g/mol. The van der Waals surface area contributed by atoms with E-state index in [-0.39, 0.29) is 17.0 Å². The summed E-state index contributed by atoms with van der Waals surface area (Å²) in [6.07, 6.45) is 4.98. The van der Waals surface area contributed by atoms with Gasteiger partial charge >= 0.3 is 0 Å². The van der Waals surface area contributed by atoms with E-state index in [0.29, 0.717) is 12.8 Å². The summed E-state index contributed by atoms with van der Waals surface area (Å²) in [5.74, 6) is -0.0315. The number of carbonyl (C=O) groups excluding carboxylic acids is 1. The van der Waals surface area contributed by atoms with Crippen LogP contribution in [0.15, 0.2) is 66.4 Å². The van der Waals surface area contributed by atoms with Crippen LogP contribution in [0.1, 0.15) is 50.9 Å². The second-order valence-electron chi connectivity index (χ2n) is 9.13. The quantitative estimate of drug-likeness (QED) is 0.531. The summed E-state index contributed by atoms with van der Waals surface area (Å²) in [6, 6.07) is 16.5. The molecule has 0 radical (unpaired) electrons. The van der Waals surface area contributed by atoms with Crippen LogP contribution in [0.4, 0.5) is 4.39 Å². The third kappa shape index (κ3) is 3.51. The van der Waals surface area contributed by atoms with E-state index in [9.17, 15) is 9.18 Å². The Labute approximate surface area is 177 Å². The summed E-state index contributed by atoms with van der Waals surface area (Å²) < 4.78 is 15.1. The van der Waals surface area contributed by atoms with Crippen molar-refractivity contribution in [1.29, 1.82) is 0 Å². The molecule has 2 aromatic carbocycles. The second-order valence-corrected chi connectivity index (χ2v) is 9.13. The average Bonchev–Trinajstić information content (AvgIpc) is 3.11. The number of allylic oxidation sites excluding steroid dienone is 1. The normalized spacial score (nSPS) is 18.6. The lowest BCUT2D eigenvalue weighted by Crippen LogP contribution is -2.37. The zero-order valence-corrected chi connectivity index (χ0v) is 17.9. The fraction of sp³-hybridized carbons (Fsp3) is 0.308. The monoisotopic (exact) mass is 402 g/mol. The number of nitrogens with zero attached hydrogens (tertiary/aromatic N) is 2. The number of ketones is 1. The van der Waals surface area contributed by atoms with Crippen molar-refractivity contribution in [3.8, 4) is 5.69 Å². The topological polar surface area (TPSA) is 34.9 Å². The van der Waals surface area contributed by atoms with Crippen molar-refractivity contribution in [2.24, 2.45) is 5.41 Å². The number of carbonyl (C=O) groups is 1. The molecule has 30 heavy (non-hydrogen) atoms. The third-order valence-electron chi connectivity index (χ3n) is 6.50. The van der Waals surface area contributed by atoms with E-state index in [1.807, 2.05) is 42.9 Å². The first kappa shape index (κ1) is 20.3. The number of hydrogen-bond acceptors (Lipinski definition) is 2. The van der Waals surface area contributed by atoms with Crippen molar-refractivity contribution >= 4 is 11.9 Å². The Morgan fingerprint density at radius 2 is 1.80 bits per heavy atom. The van der Waals surface area contributed by atoms with Gasteiger partial charge in [0.2, 0.25) is 0 Å². The van der Waals surface area contributed by atoms with Crippen LogP contribution in [0.25, 0.3) is 11.8 Å². The van der Waals surface area contributed by atoms with Gasteiger partial charge in [0.1, 0.15) is 11.6 Å². The lowest BCUT2D eigenvalue weighted by molar-refractivity contribution is -0.127. The third-order valence-corrected chi connectivity index (χ3v) is 6.50. The molecule has 4 rings (SSSR count). The highest BCUT2D eigenvalue weighted by Gasteiger charge is 2.41. The molecule has 3 nitrogen and oxygen atoms in total. The number of fused-ring (bicyclic) bond motifs is 1. The van der Waals surface area contributed by atoms with Crippen molar-refractivity contribution in [1.82, 2.24) is 9.78 Å². The van der Waals surface area contributed by atoms with Crippen LogP contribution in [-0.4, -0.2) is 15.6 Å². The van der Waals surface area contributed by atoms with Gasteiger partial charge in [0.15, 0.2) is 0 Å². The zero-order valence-electron chi connectivity index (χ0n) is 17.9. The van der Waals surface area contributed by atoms with Crippen LogP contribution in [0.2, 0.25) is 0 Å². The second kappa shape index (κ2) is 7.35. The Balaban J connectivity index is 1.63. The molecule has 1 aromatic heterocycles. The minimum Gasteiger partial charge on any atom is -0.299 e. The molecule has 0 aliphatic heterocycles. The molecule has 1 aliphatic rings. The number of aromatic nitrogens is 2.